The normalized spacial score (nSPS) is 11.9. The molecule has 0 spiro atoms. The highest BCUT2D eigenvalue weighted by molar-refractivity contribution is 7.86. The van der Waals surface area contributed by atoms with Gasteiger partial charge in [0.05, 0.1) is 35.4 Å². The number of ether oxygens (including phenoxy) is 2. The average molecular weight is 641 g/mol. The van der Waals surface area contributed by atoms with E-state index in [0.717, 1.165) is 12.1 Å². The first kappa shape index (κ1) is 31.7. The summed E-state index contributed by atoms with van der Waals surface area (Å²) < 4.78 is 74.5. The number of benzene rings is 4. The molecule has 4 aromatic rings. The predicted molar refractivity (Wildman–Crippen MR) is 159 cm³/mol. The monoisotopic (exact) mass is 640 g/mol. The molecule has 0 atom stereocenters. The molecule has 0 aliphatic carbocycles. The lowest BCUT2D eigenvalue weighted by molar-refractivity contribution is 0.262. The summed E-state index contributed by atoms with van der Waals surface area (Å²) in [4.78, 5) is 12.0. The third kappa shape index (κ3) is 8.42. The fourth-order valence-electron chi connectivity index (χ4n) is 3.60. The van der Waals surface area contributed by atoms with Crippen LogP contribution in [0.1, 0.15) is 0 Å². The van der Waals surface area contributed by atoms with Crippen molar-refractivity contribution in [2.24, 2.45) is 20.5 Å². The van der Waals surface area contributed by atoms with Crippen LogP contribution in [0.4, 0.5) is 38.9 Å². The Hall–Kier alpha value is -5.23. The zero-order valence-electron chi connectivity index (χ0n) is 22.9. The number of amides is 2. The zero-order valence-corrected chi connectivity index (χ0v) is 24.6. The Morgan fingerprint density at radius 3 is 1.39 bits per heavy atom. The molecule has 0 radical (unpaired) electrons. The van der Waals surface area contributed by atoms with Gasteiger partial charge < -0.3 is 20.1 Å². The maximum atomic E-state index is 12.7. The summed E-state index contributed by atoms with van der Waals surface area (Å²) in [6.45, 7) is 0. The number of nitrogens with one attached hydrogen (secondary N) is 2. The van der Waals surface area contributed by atoms with Crippen molar-refractivity contribution in [1.29, 1.82) is 0 Å². The van der Waals surface area contributed by atoms with E-state index in [2.05, 4.69) is 31.1 Å². The topological polar surface area (TPSA) is 218 Å². The lowest BCUT2D eigenvalue weighted by Gasteiger charge is -2.11. The van der Waals surface area contributed by atoms with Gasteiger partial charge in [0.1, 0.15) is 22.9 Å². The number of hydrogen-bond acceptors (Lipinski definition) is 11. The van der Waals surface area contributed by atoms with Crippen LogP contribution in [0.2, 0.25) is 0 Å². The van der Waals surface area contributed by atoms with E-state index >= 15 is 0 Å². The van der Waals surface area contributed by atoms with Crippen LogP contribution >= 0.6 is 0 Å². The van der Waals surface area contributed by atoms with Crippen molar-refractivity contribution in [2.45, 2.75) is 9.79 Å². The summed E-state index contributed by atoms with van der Waals surface area (Å²) in [7, 11) is -6.00. The molecular weight excluding hydrogens is 616 g/mol. The Kier molecular flexibility index (Phi) is 9.64. The number of carbonyl (C=O) groups excluding carboxylic acids is 1. The quantitative estimate of drug-likeness (QED) is 0.107. The SMILES string of the molecule is COc1cc(NC(=O)Nc2ccc(N=Nc3cccc(S(=O)(=O)O)c3)c(OC)c2)ccc1N=Nc1cccc(S(=O)(=O)O)c1. The fraction of sp³-hybridized carbons (Fsp3) is 0.0741. The number of rotatable bonds is 10. The summed E-state index contributed by atoms with van der Waals surface area (Å²) in [5.41, 5.74) is 1.65. The molecule has 0 bridgehead atoms. The predicted octanol–water partition coefficient (Wildman–Crippen LogP) is 6.67. The van der Waals surface area contributed by atoms with Gasteiger partial charge in [-0.2, -0.15) is 27.1 Å². The molecule has 0 aliphatic heterocycles. The molecule has 44 heavy (non-hydrogen) atoms. The van der Waals surface area contributed by atoms with Crippen LogP contribution in [-0.4, -0.2) is 46.2 Å². The van der Waals surface area contributed by atoms with Gasteiger partial charge in [-0.15, -0.1) is 10.2 Å². The first-order valence-electron chi connectivity index (χ1n) is 12.3. The smallest absolute Gasteiger partial charge is 0.323 e. The van der Waals surface area contributed by atoms with Gasteiger partial charge in [-0.05, 0) is 60.7 Å². The largest absolute Gasteiger partial charge is 0.494 e. The first-order chi connectivity index (χ1) is 20.9. The minimum Gasteiger partial charge on any atom is -0.494 e. The average Bonchev–Trinajstić information content (AvgIpc) is 2.99. The molecule has 0 heterocycles. The van der Waals surface area contributed by atoms with Crippen molar-refractivity contribution in [3.8, 4) is 11.5 Å². The lowest BCUT2D eigenvalue weighted by atomic mass is 10.2. The fourth-order valence-corrected chi connectivity index (χ4v) is 4.65. The van der Waals surface area contributed by atoms with Crippen LogP contribution in [0.3, 0.4) is 0 Å². The van der Waals surface area contributed by atoms with Crippen LogP contribution in [0.15, 0.2) is 115 Å². The molecule has 0 saturated carbocycles. The summed E-state index contributed by atoms with van der Waals surface area (Å²) in [6.07, 6.45) is 0. The first-order valence-corrected chi connectivity index (χ1v) is 15.2. The Bertz CT molecular complexity index is 1840. The second kappa shape index (κ2) is 13.4. The van der Waals surface area contributed by atoms with Crippen molar-refractivity contribution < 1.29 is 40.2 Å². The van der Waals surface area contributed by atoms with E-state index in [0.29, 0.717) is 11.4 Å². The van der Waals surface area contributed by atoms with Crippen LogP contribution in [-0.2, 0) is 20.2 Å². The maximum absolute atomic E-state index is 12.7. The van der Waals surface area contributed by atoms with Gasteiger partial charge >= 0.3 is 6.03 Å². The third-order valence-electron chi connectivity index (χ3n) is 5.65. The van der Waals surface area contributed by atoms with Gasteiger partial charge in [0.15, 0.2) is 0 Å². The molecule has 0 fully saturated rings. The van der Waals surface area contributed by atoms with Crippen molar-refractivity contribution >= 4 is 60.4 Å². The number of urea groups is 1. The van der Waals surface area contributed by atoms with E-state index in [4.69, 9.17) is 9.47 Å². The van der Waals surface area contributed by atoms with E-state index < -0.39 is 26.3 Å². The molecule has 15 nitrogen and oxygen atoms in total. The van der Waals surface area contributed by atoms with Gasteiger partial charge in [-0.1, -0.05) is 12.1 Å². The lowest BCUT2D eigenvalue weighted by Crippen LogP contribution is -2.19. The summed E-state index contributed by atoms with van der Waals surface area (Å²) in [5.74, 6) is 0.520. The number of carbonyl (C=O) groups is 1. The van der Waals surface area contributed by atoms with E-state index in [1.54, 1.807) is 12.1 Å². The molecule has 0 aromatic heterocycles. The molecule has 2 amide bonds. The van der Waals surface area contributed by atoms with Crippen LogP contribution < -0.4 is 20.1 Å². The minimum atomic E-state index is -4.40. The van der Waals surface area contributed by atoms with Gasteiger partial charge in [0, 0.05) is 23.5 Å². The Morgan fingerprint density at radius 2 is 1.02 bits per heavy atom. The molecule has 0 aliphatic rings. The molecule has 4 rings (SSSR count). The van der Waals surface area contributed by atoms with Crippen LogP contribution in [0.25, 0.3) is 0 Å². The van der Waals surface area contributed by atoms with E-state index in [1.807, 2.05) is 0 Å². The number of azo groups is 2. The highest BCUT2D eigenvalue weighted by atomic mass is 32.2. The Balaban J connectivity index is 1.44. The van der Waals surface area contributed by atoms with Crippen molar-refractivity contribution in [3.63, 3.8) is 0 Å². The summed E-state index contributed by atoms with van der Waals surface area (Å²) in [5, 5.41) is 21.4. The van der Waals surface area contributed by atoms with Gasteiger partial charge in [-0.25, -0.2) is 4.79 Å². The highest BCUT2D eigenvalue weighted by Crippen LogP contribution is 2.34. The van der Waals surface area contributed by atoms with E-state index in [1.165, 1.54) is 74.9 Å². The zero-order chi connectivity index (χ0) is 31.9. The number of hydrogen-bond donors (Lipinski definition) is 4. The molecule has 4 N–H and O–H groups in total. The Morgan fingerprint density at radius 1 is 0.614 bits per heavy atom. The van der Waals surface area contributed by atoms with E-state index in [-0.39, 0.29) is 44.0 Å². The maximum Gasteiger partial charge on any atom is 0.323 e. The molecule has 0 unspecified atom stereocenters. The Labute approximate surface area is 251 Å². The number of methoxy groups -OCH3 is 2. The molecular formula is C27H24N6O9S2. The van der Waals surface area contributed by atoms with Gasteiger partial charge in [0.2, 0.25) is 0 Å². The van der Waals surface area contributed by atoms with E-state index in [9.17, 15) is 30.7 Å². The van der Waals surface area contributed by atoms with Crippen LogP contribution in [0.5, 0.6) is 11.5 Å². The third-order valence-corrected chi connectivity index (χ3v) is 7.35. The minimum absolute atomic E-state index is 0.179. The highest BCUT2D eigenvalue weighted by Gasteiger charge is 2.12. The number of anilines is 2. The molecule has 0 saturated heterocycles. The van der Waals surface area contributed by atoms with Crippen molar-refractivity contribution in [2.75, 3.05) is 24.9 Å². The molecule has 4 aromatic carbocycles. The van der Waals surface area contributed by atoms with Gasteiger partial charge in [0.25, 0.3) is 20.2 Å². The van der Waals surface area contributed by atoms with Crippen molar-refractivity contribution in [3.05, 3.63) is 84.9 Å². The van der Waals surface area contributed by atoms with Gasteiger partial charge in [-0.3, -0.25) is 9.11 Å². The number of nitrogens with zero attached hydrogens (tertiary/aromatic N) is 4. The van der Waals surface area contributed by atoms with Crippen molar-refractivity contribution in [1.82, 2.24) is 0 Å². The summed E-state index contributed by atoms with van der Waals surface area (Å²) >= 11 is 0. The summed E-state index contributed by atoms with van der Waals surface area (Å²) in [6, 6.07) is 19.1. The second-order valence-corrected chi connectivity index (χ2v) is 11.5. The molecule has 228 valence electrons. The second-order valence-electron chi connectivity index (χ2n) is 8.70. The van der Waals surface area contributed by atoms with Crippen LogP contribution in [0, 0.1) is 0 Å². The standard InChI is InChI=1S/C27H24N6O9S2/c1-41-25-15-17(9-11-23(25)32-30-19-5-3-7-21(13-19)43(35,36)37)28-27(34)29-18-10-12-24(26(16-18)42-2)33-31-20-6-4-8-22(14-20)44(38,39)40/h3-16H,1-2H3,(H2,28,29,34)(H,35,36,37)(H,38,39,40). The molecule has 17 heteroatoms.